The van der Waals surface area contributed by atoms with Gasteiger partial charge in [-0.05, 0) is 30.9 Å². The minimum atomic E-state index is -0.598. The molecule has 7 heteroatoms. The molecule has 0 saturated heterocycles. The molecule has 0 atom stereocenters. The fourth-order valence-electron chi connectivity index (χ4n) is 1.55. The summed E-state index contributed by atoms with van der Waals surface area (Å²) in [5.41, 5.74) is 0.706. The smallest absolute Gasteiger partial charge is 0.321 e. The highest BCUT2D eigenvalue weighted by molar-refractivity contribution is 6.35. The normalized spacial score (nSPS) is 10.5. The molecule has 0 fully saturated rings. The van der Waals surface area contributed by atoms with Crippen molar-refractivity contribution in [1.29, 1.82) is 0 Å². The highest BCUT2D eigenvalue weighted by Gasteiger charge is 2.17. The Kier molecular flexibility index (Phi) is 6.23. The molecule has 20 heavy (non-hydrogen) atoms. The average Bonchev–Trinajstić information content (AvgIpc) is 2.26. The number of carbonyl (C=O) groups excluding carboxylic acids is 2. The topological polar surface area (TPSA) is 71.1 Å². The van der Waals surface area contributed by atoms with Gasteiger partial charge in [-0.15, -0.1) is 0 Å². The highest BCUT2D eigenvalue weighted by atomic mass is 35.5. The van der Waals surface area contributed by atoms with Crippen molar-refractivity contribution in [2.45, 2.75) is 27.2 Å². The SMILES string of the molecule is Cc1cc(Cl)nc(Cl)c1C(=O)NC(=O)NCCC(C)C. The van der Waals surface area contributed by atoms with E-state index in [0.29, 0.717) is 18.0 Å². The van der Waals surface area contributed by atoms with Crippen LogP contribution in [0.25, 0.3) is 0 Å². The van der Waals surface area contributed by atoms with Crippen LogP contribution in [0.15, 0.2) is 6.07 Å². The molecule has 1 rings (SSSR count). The summed E-state index contributed by atoms with van der Waals surface area (Å²) in [5.74, 6) is -0.123. The van der Waals surface area contributed by atoms with Crippen LogP contribution in [0.2, 0.25) is 10.3 Å². The third-order valence-electron chi connectivity index (χ3n) is 2.60. The first-order chi connectivity index (χ1) is 9.31. The van der Waals surface area contributed by atoms with Crippen LogP contribution in [0.1, 0.15) is 36.2 Å². The molecule has 3 amide bonds. The minimum Gasteiger partial charge on any atom is -0.338 e. The molecule has 0 aliphatic heterocycles. The Morgan fingerprint density at radius 2 is 2.00 bits per heavy atom. The van der Waals surface area contributed by atoms with Crippen LogP contribution in [0.5, 0.6) is 0 Å². The number of nitrogens with one attached hydrogen (secondary N) is 2. The summed E-state index contributed by atoms with van der Waals surface area (Å²) in [4.78, 5) is 27.3. The molecule has 110 valence electrons. The zero-order valence-electron chi connectivity index (χ0n) is 11.6. The zero-order valence-corrected chi connectivity index (χ0v) is 13.1. The summed E-state index contributed by atoms with van der Waals surface area (Å²) in [6.07, 6.45) is 0.837. The first-order valence-electron chi connectivity index (χ1n) is 6.23. The van der Waals surface area contributed by atoms with Crippen LogP contribution in [-0.2, 0) is 0 Å². The van der Waals surface area contributed by atoms with E-state index in [1.165, 1.54) is 6.07 Å². The molecule has 1 aromatic rings. The molecule has 0 aromatic carbocycles. The van der Waals surface area contributed by atoms with Crippen LogP contribution < -0.4 is 10.6 Å². The molecule has 5 nitrogen and oxygen atoms in total. The zero-order chi connectivity index (χ0) is 15.3. The number of halogens is 2. The van der Waals surface area contributed by atoms with E-state index in [9.17, 15) is 9.59 Å². The van der Waals surface area contributed by atoms with Gasteiger partial charge in [-0.2, -0.15) is 0 Å². The second kappa shape index (κ2) is 7.45. The number of aromatic nitrogens is 1. The van der Waals surface area contributed by atoms with Crippen molar-refractivity contribution in [2.75, 3.05) is 6.54 Å². The minimum absolute atomic E-state index is 0.0255. The van der Waals surface area contributed by atoms with Crippen LogP contribution in [-0.4, -0.2) is 23.5 Å². The molecule has 0 spiro atoms. The molecule has 0 bridgehead atoms. The van der Waals surface area contributed by atoms with Gasteiger partial charge in [0.15, 0.2) is 0 Å². The molecule has 0 unspecified atom stereocenters. The summed E-state index contributed by atoms with van der Waals surface area (Å²) < 4.78 is 0. The molecule has 0 aliphatic carbocycles. The van der Waals surface area contributed by atoms with Crippen molar-refractivity contribution < 1.29 is 9.59 Å². The van der Waals surface area contributed by atoms with E-state index in [1.807, 2.05) is 13.8 Å². The van der Waals surface area contributed by atoms with Crippen molar-refractivity contribution in [1.82, 2.24) is 15.6 Å². The van der Waals surface area contributed by atoms with Gasteiger partial charge in [-0.1, -0.05) is 37.0 Å². The van der Waals surface area contributed by atoms with E-state index >= 15 is 0 Å². The molecule has 2 N–H and O–H groups in total. The standard InChI is InChI=1S/C13H17Cl2N3O2/c1-7(2)4-5-16-13(20)18-12(19)10-8(3)6-9(14)17-11(10)15/h6-7H,4-5H2,1-3H3,(H2,16,18,19,20). The van der Waals surface area contributed by atoms with Crippen molar-refractivity contribution in [3.05, 3.63) is 27.5 Å². The second-order valence-corrected chi connectivity index (χ2v) is 5.57. The van der Waals surface area contributed by atoms with E-state index in [4.69, 9.17) is 23.2 Å². The quantitative estimate of drug-likeness (QED) is 0.838. The summed E-state index contributed by atoms with van der Waals surface area (Å²) in [6.45, 7) is 6.27. The van der Waals surface area contributed by atoms with Crippen molar-refractivity contribution in [2.24, 2.45) is 5.92 Å². The number of urea groups is 1. The van der Waals surface area contributed by atoms with Crippen molar-refractivity contribution in [3.63, 3.8) is 0 Å². The Hall–Kier alpha value is -1.33. The van der Waals surface area contributed by atoms with Crippen LogP contribution in [0.3, 0.4) is 0 Å². The molecule has 1 aromatic heterocycles. The number of hydrogen-bond donors (Lipinski definition) is 2. The molecular weight excluding hydrogens is 301 g/mol. The molecule has 1 heterocycles. The number of pyridine rings is 1. The van der Waals surface area contributed by atoms with Gasteiger partial charge < -0.3 is 5.32 Å². The number of imide groups is 1. The summed E-state index contributed by atoms with van der Waals surface area (Å²) in [7, 11) is 0. The third-order valence-corrected chi connectivity index (χ3v) is 3.07. The lowest BCUT2D eigenvalue weighted by atomic mass is 10.1. The third kappa shape index (κ3) is 4.98. The van der Waals surface area contributed by atoms with Crippen molar-refractivity contribution in [3.8, 4) is 0 Å². The fraction of sp³-hybridized carbons (Fsp3) is 0.462. The lowest BCUT2D eigenvalue weighted by molar-refractivity contribution is 0.0963. The lowest BCUT2D eigenvalue weighted by Gasteiger charge is -2.10. The van der Waals surface area contributed by atoms with Gasteiger partial charge in [0.1, 0.15) is 10.3 Å². The van der Waals surface area contributed by atoms with Gasteiger partial charge in [-0.3, -0.25) is 10.1 Å². The predicted molar refractivity (Wildman–Crippen MR) is 79.3 cm³/mol. The van der Waals surface area contributed by atoms with Gasteiger partial charge >= 0.3 is 6.03 Å². The predicted octanol–water partition coefficient (Wildman–Crippen LogP) is 3.18. The molecule has 0 aliphatic rings. The van der Waals surface area contributed by atoms with Gasteiger partial charge in [0, 0.05) is 6.54 Å². The number of carbonyl (C=O) groups is 2. The Labute approximate surface area is 128 Å². The molecule has 0 radical (unpaired) electrons. The van der Waals surface area contributed by atoms with Gasteiger partial charge in [0.05, 0.1) is 5.56 Å². The first kappa shape index (κ1) is 16.7. The van der Waals surface area contributed by atoms with Crippen LogP contribution in [0, 0.1) is 12.8 Å². The van der Waals surface area contributed by atoms with Crippen LogP contribution in [0.4, 0.5) is 4.79 Å². The molecular formula is C13H17Cl2N3O2. The fourth-order valence-corrected chi connectivity index (χ4v) is 2.17. The van der Waals surface area contributed by atoms with E-state index in [1.54, 1.807) is 6.92 Å². The number of rotatable bonds is 4. The number of aryl methyl sites for hydroxylation is 1. The molecule has 0 saturated carbocycles. The Morgan fingerprint density at radius 3 is 2.55 bits per heavy atom. The Bertz CT molecular complexity index is 495. The largest absolute Gasteiger partial charge is 0.338 e. The number of hydrogen-bond acceptors (Lipinski definition) is 3. The maximum absolute atomic E-state index is 12.0. The summed E-state index contributed by atoms with van der Waals surface area (Å²) in [6, 6.07) is 0.958. The Balaban J connectivity index is 2.65. The van der Waals surface area contributed by atoms with E-state index in [2.05, 4.69) is 15.6 Å². The summed E-state index contributed by atoms with van der Waals surface area (Å²) >= 11 is 11.6. The Morgan fingerprint density at radius 1 is 1.35 bits per heavy atom. The van der Waals surface area contributed by atoms with Crippen molar-refractivity contribution >= 4 is 35.1 Å². The van der Waals surface area contributed by atoms with Gasteiger partial charge in [-0.25, -0.2) is 9.78 Å². The number of amides is 3. The van der Waals surface area contributed by atoms with E-state index in [0.717, 1.165) is 6.42 Å². The lowest BCUT2D eigenvalue weighted by Crippen LogP contribution is -2.40. The summed E-state index contributed by atoms with van der Waals surface area (Å²) in [5, 5.41) is 4.99. The van der Waals surface area contributed by atoms with E-state index < -0.39 is 11.9 Å². The second-order valence-electron chi connectivity index (χ2n) is 4.82. The van der Waals surface area contributed by atoms with E-state index in [-0.39, 0.29) is 15.9 Å². The van der Waals surface area contributed by atoms with Gasteiger partial charge in [0.2, 0.25) is 0 Å². The average molecular weight is 318 g/mol. The maximum Gasteiger partial charge on any atom is 0.321 e. The first-order valence-corrected chi connectivity index (χ1v) is 6.98. The monoisotopic (exact) mass is 317 g/mol. The van der Waals surface area contributed by atoms with Gasteiger partial charge in [0.25, 0.3) is 5.91 Å². The maximum atomic E-state index is 12.0. The van der Waals surface area contributed by atoms with Crippen LogP contribution >= 0.6 is 23.2 Å². The highest BCUT2D eigenvalue weighted by Crippen LogP contribution is 2.21. The number of nitrogens with zero attached hydrogens (tertiary/aromatic N) is 1.